The van der Waals surface area contributed by atoms with E-state index in [1.54, 1.807) is 12.3 Å². The second kappa shape index (κ2) is 6.08. The van der Waals surface area contributed by atoms with E-state index in [4.69, 9.17) is 0 Å². The van der Waals surface area contributed by atoms with Gasteiger partial charge in [-0.15, -0.1) is 0 Å². The minimum absolute atomic E-state index is 0.0247. The van der Waals surface area contributed by atoms with Crippen molar-refractivity contribution in [2.45, 2.75) is 13.5 Å². The van der Waals surface area contributed by atoms with E-state index in [1.807, 2.05) is 13.0 Å². The molecule has 0 spiro atoms. The van der Waals surface area contributed by atoms with E-state index in [9.17, 15) is 19.3 Å². The minimum Gasteiger partial charge on any atom is -0.346 e. The Bertz CT molecular complexity index is 704. The third-order valence-electron chi connectivity index (χ3n) is 2.94. The molecule has 1 heterocycles. The second-order valence-corrected chi connectivity index (χ2v) is 4.37. The van der Waals surface area contributed by atoms with Crippen LogP contribution in [0, 0.1) is 22.9 Å². The van der Waals surface area contributed by atoms with Crippen molar-refractivity contribution in [1.29, 1.82) is 0 Å². The molecule has 0 radical (unpaired) electrons. The van der Waals surface area contributed by atoms with E-state index >= 15 is 0 Å². The molecule has 7 heteroatoms. The molecule has 0 bridgehead atoms. The van der Waals surface area contributed by atoms with Crippen LogP contribution in [0.3, 0.4) is 0 Å². The standard InChI is InChI=1S/C14H12FN3O3/c1-9-3-2-6-16-12(9)8-17-14(19)10-4-5-11(15)13(7-10)18(20)21/h2-7H,8H2,1H3,(H,17,19). The van der Waals surface area contributed by atoms with Crippen LogP contribution in [0.2, 0.25) is 0 Å². The number of nitrogens with zero attached hydrogens (tertiary/aromatic N) is 2. The number of pyridine rings is 1. The van der Waals surface area contributed by atoms with Gasteiger partial charge in [0.05, 0.1) is 17.2 Å². The van der Waals surface area contributed by atoms with Gasteiger partial charge in [-0.2, -0.15) is 4.39 Å². The number of nitrogens with one attached hydrogen (secondary N) is 1. The predicted octanol–water partition coefficient (Wildman–Crippen LogP) is 2.37. The molecule has 0 aliphatic rings. The Morgan fingerprint density at radius 1 is 1.43 bits per heavy atom. The molecule has 108 valence electrons. The fourth-order valence-electron chi connectivity index (χ4n) is 1.76. The number of aryl methyl sites for hydroxylation is 1. The largest absolute Gasteiger partial charge is 0.346 e. The van der Waals surface area contributed by atoms with Gasteiger partial charge in [-0.25, -0.2) is 0 Å². The lowest BCUT2D eigenvalue weighted by Crippen LogP contribution is -2.23. The van der Waals surface area contributed by atoms with Gasteiger partial charge in [0.2, 0.25) is 5.82 Å². The van der Waals surface area contributed by atoms with Gasteiger partial charge >= 0.3 is 5.69 Å². The van der Waals surface area contributed by atoms with Crippen molar-refractivity contribution in [3.8, 4) is 0 Å². The van der Waals surface area contributed by atoms with Gasteiger partial charge in [-0.1, -0.05) is 6.07 Å². The molecule has 2 rings (SSSR count). The number of rotatable bonds is 4. The third kappa shape index (κ3) is 3.38. The van der Waals surface area contributed by atoms with Crippen LogP contribution in [-0.4, -0.2) is 15.8 Å². The van der Waals surface area contributed by atoms with Crippen LogP contribution in [0.15, 0.2) is 36.5 Å². The average Bonchev–Trinajstić information content (AvgIpc) is 2.46. The molecule has 6 nitrogen and oxygen atoms in total. The number of hydrogen-bond donors (Lipinski definition) is 1. The Balaban J connectivity index is 2.12. The van der Waals surface area contributed by atoms with Crippen molar-refractivity contribution in [2.24, 2.45) is 0 Å². The second-order valence-electron chi connectivity index (χ2n) is 4.37. The summed E-state index contributed by atoms with van der Waals surface area (Å²) in [6.07, 6.45) is 1.61. The maximum Gasteiger partial charge on any atom is 0.305 e. The molecule has 1 N–H and O–H groups in total. The molecule has 0 aliphatic carbocycles. The van der Waals surface area contributed by atoms with Crippen LogP contribution in [0.25, 0.3) is 0 Å². The number of nitro groups is 1. The Labute approximate surface area is 119 Å². The number of nitro benzene ring substituents is 1. The van der Waals surface area contributed by atoms with Crippen molar-refractivity contribution < 1.29 is 14.1 Å². The Morgan fingerprint density at radius 2 is 2.19 bits per heavy atom. The van der Waals surface area contributed by atoms with Gasteiger partial charge in [0.1, 0.15) is 0 Å². The highest BCUT2D eigenvalue weighted by molar-refractivity contribution is 5.94. The fraction of sp³-hybridized carbons (Fsp3) is 0.143. The summed E-state index contributed by atoms with van der Waals surface area (Å²) in [5.74, 6) is -1.50. The van der Waals surface area contributed by atoms with Gasteiger partial charge in [-0.3, -0.25) is 19.9 Å². The summed E-state index contributed by atoms with van der Waals surface area (Å²) in [5, 5.41) is 13.2. The quantitative estimate of drug-likeness (QED) is 0.691. The van der Waals surface area contributed by atoms with E-state index in [1.165, 1.54) is 6.07 Å². The van der Waals surface area contributed by atoms with Gasteiger partial charge in [-0.05, 0) is 30.7 Å². The first-order valence-corrected chi connectivity index (χ1v) is 6.11. The van der Waals surface area contributed by atoms with Crippen molar-refractivity contribution in [1.82, 2.24) is 10.3 Å². The summed E-state index contributed by atoms with van der Waals surface area (Å²) in [6.45, 7) is 2.05. The topological polar surface area (TPSA) is 85.1 Å². The Hall–Kier alpha value is -2.83. The molecular weight excluding hydrogens is 277 g/mol. The molecule has 1 aromatic heterocycles. The summed E-state index contributed by atoms with van der Waals surface area (Å²) in [5.41, 5.74) is 0.915. The lowest BCUT2D eigenvalue weighted by atomic mass is 10.1. The van der Waals surface area contributed by atoms with Crippen molar-refractivity contribution in [3.63, 3.8) is 0 Å². The lowest BCUT2D eigenvalue weighted by molar-refractivity contribution is -0.387. The normalized spacial score (nSPS) is 10.2. The number of amides is 1. The van der Waals surface area contributed by atoms with Gasteiger partial charge < -0.3 is 5.32 Å². The van der Waals surface area contributed by atoms with Crippen LogP contribution in [0.1, 0.15) is 21.6 Å². The zero-order valence-corrected chi connectivity index (χ0v) is 11.2. The minimum atomic E-state index is -0.975. The maximum absolute atomic E-state index is 13.2. The smallest absolute Gasteiger partial charge is 0.305 e. The van der Waals surface area contributed by atoms with Crippen LogP contribution in [0.5, 0.6) is 0 Å². The molecular formula is C14H12FN3O3. The summed E-state index contributed by atoms with van der Waals surface area (Å²) in [7, 11) is 0. The molecule has 0 aliphatic heterocycles. The van der Waals surface area contributed by atoms with E-state index in [2.05, 4.69) is 10.3 Å². The van der Waals surface area contributed by atoms with Crippen LogP contribution >= 0.6 is 0 Å². The summed E-state index contributed by atoms with van der Waals surface area (Å²) in [4.78, 5) is 25.8. The average molecular weight is 289 g/mol. The van der Waals surface area contributed by atoms with E-state index < -0.39 is 22.3 Å². The van der Waals surface area contributed by atoms with E-state index in [0.29, 0.717) is 5.69 Å². The molecule has 1 aromatic carbocycles. The molecule has 0 atom stereocenters. The van der Waals surface area contributed by atoms with Crippen molar-refractivity contribution >= 4 is 11.6 Å². The first kappa shape index (κ1) is 14.6. The highest BCUT2D eigenvalue weighted by Gasteiger charge is 2.17. The van der Waals surface area contributed by atoms with Gasteiger partial charge in [0.25, 0.3) is 5.91 Å². The van der Waals surface area contributed by atoms with Crippen LogP contribution < -0.4 is 5.32 Å². The zero-order chi connectivity index (χ0) is 15.4. The van der Waals surface area contributed by atoms with Crippen molar-refractivity contribution in [2.75, 3.05) is 0 Å². The molecule has 21 heavy (non-hydrogen) atoms. The number of halogens is 1. The lowest BCUT2D eigenvalue weighted by Gasteiger charge is -2.07. The Kier molecular flexibility index (Phi) is 4.22. The zero-order valence-electron chi connectivity index (χ0n) is 11.2. The monoisotopic (exact) mass is 289 g/mol. The molecule has 0 saturated heterocycles. The Morgan fingerprint density at radius 3 is 2.86 bits per heavy atom. The highest BCUT2D eigenvalue weighted by Crippen LogP contribution is 2.18. The van der Waals surface area contributed by atoms with E-state index in [-0.39, 0.29) is 12.1 Å². The number of benzene rings is 1. The molecule has 0 unspecified atom stereocenters. The van der Waals surface area contributed by atoms with Gasteiger partial charge in [0, 0.05) is 17.8 Å². The third-order valence-corrected chi connectivity index (χ3v) is 2.94. The van der Waals surface area contributed by atoms with Crippen LogP contribution in [-0.2, 0) is 6.54 Å². The summed E-state index contributed by atoms with van der Waals surface area (Å²) in [6, 6.07) is 6.65. The fourth-order valence-corrected chi connectivity index (χ4v) is 1.76. The summed E-state index contributed by atoms with van der Waals surface area (Å²) >= 11 is 0. The first-order chi connectivity index (χ1) is 9.99. The number of carbonyl (C=O) groups excluding carboxylic acids is 1. The maximum atomic E-state index is 13.2. The van der Waals surface area contributed by atoms with Gasteiger partial charge in [0.15, 0.2) is 0 Å². The SMILES string of the molecule is Cc1cccnc1CNC(=O)c1ccc(F)c([N+](=O)[O-])c1. The van der Waals surface area contributed by atoms with Crippen molar-refractivity contribution in [3.05, 3.63) is 69.3 Å². The predicted molar refractivity (Wildman–Crippen MR) is 73.2 cm³/mol. The van der Waals surface area contributed by atoms with Crippen LogP contribution in [0.4, 0.5) is 10.1 Å². The number of hydrogen-bond acceptors (Lipinski definition) is 4. The van der Waals surface area contributed by atoms with E-state index in [0.717, 1.165) is 17.7 Å². The molecule has 2 aromatic rings. The summed E-state index contributed by atoms with van der Waals surface area (Å²) < 4.78 is 13.2. The first-order valence-electron chi connectivity index (χ1n) is 6.11. The molecule has 1 amide bonds. The molecule has 0 saturated carbocycles. The highest BCUT2D eigenvalue weighted by atomic mass is 19.1. The molecule has 0 fully saturated rings. The number of aromatic nitrogens is 1. The number of carbonyl (C=O) groups is 1.